The summed E-state index contributed by atoms with van der Waals surface area (Å²) in [6.07, 6.45) is 15.4. The Morgan fingerprint density at radius 3 is 1.79 bits per heavy atom. The molecule has 1 saturated heterocycles. The van der Waals surface area contributed by atoms with Gasteiger partial charge in [0.2, 0.25) is 23.6 Å². The Morgan fingerprint density at radius 2 is 1.19 bits per heavy atom. The number of carboxylic acids is 4. The van der Waals surface area contributed by atoms with Gasteiger partial charge < -0.3 is 58.7 Å². The Kier molecular flexibility index (Phi) is 47.6. The van der Waals surface area contributed by atoms with Crippen molar-refractivity contribution in [1.82, 2.24) is 26.2 Å². The topological polar surface area (TPSA) is 470 Å². The van der Waals surface area contributed by atoms with Crippen molar-refractivity contribution in [3.63, 3.8) is 0 Å². The molecule has 15 N–H and O–H groups in total. The number of hydrogen-bond acceptors (Lipinski definition) is 21. The van der Waals surface area contributed by atoms with Crippen LogP contribution in [0.4, 0.5) is 0 Å². The molecule has 9 atom stereocenters. The fraction of sp³-hybridized carbons (Fsp3) is 0.671. The zero-order valence-electron chi connectivity index (χ0n) is 63.5. The number of amides is 4. The lowest BCUT2D eigenvalue weighted by molar-refractivity contribution is -0.145. The van der Waals surface area contributed by atoms with E-state index in [9.17, 15) is 87.5 Å². The van der Waals surface area contributed by atoms with Gasteiger partial charge in [0.15, 0.2) is 23.1 Å². The maximum Gasteiger partial charge on any atom is 0.326 e. The highest BCUT2D eigenvalue weighted by atomic mass is 32.2. The number of hydrogen-bond donors (Lipinski definition) is 12. The number of nitrogens with two attached hydrogens (primary N) is 3. The van der Waals surface area contributed by atoms with Crippen molar-refractivity contribution in [2.75, 3.05) is 49.8 Å². The number of nitrogens with zero attached hydrogens (tertiary/aromatic N) is 1. The number of carboxylic acid groups (broad SMARTS) is 4. The fourth-order valence-corrected chi connectivity index (χ4v) is 15.5. The second-order valence-electron chi connectivity index (χ2n) is 29.2. The summed E-state index contributed by atoms with van der Waals surface area (Å²) in [5.41, 5.74) is 18.2. The van der Waals surface area contributed by atoms with E-state index in [-0.39, 0.29) is 169 Å². The molecule has 0 spiro atoms. The second kappa shape index (κ2) is 54.2. The monoisotopic (exact) mass is 1550 g/mol. The number of benzene rings is 2. The van der Waals surface area contributed by atoms with E-state index >= 15 is 0 Å². The highest BCUT2D eigenvalue weighted by molar-refractivity contribution is 8.16. The number of aromatic hydroxyl groups is 1. The standard InChI is InChI=1S/C79H122N8O19S2/c1-79(48-55-23-16-15-17-24-55,70(94)50-87(2)65(47-74(99)100)68(92)38-32-57(75(82)101)45-54-29-34-59(88)35-30-54)42-41-66(90)56(25-22-43-80)31-37-67(91)63-51-107-53-108-52-64(69(93)49-84-63)86-76(102)61(81)27-20-21-44-83-71(95)40-36-62(78(105)106)85-72(96)39-33-58(77(103)104)46-60(89)26-18-13-11-9-7-5-3-4-6-8-10-12-14-19-28-73(97)98/h15-17,23-24,29-30,34-35,56-58,61-65,84,88H,3-14,18-22,25-28,31-33,36-53,80-81H2,1-2H3,(H2,82,101)(H,83,95)(H,85,96)(H,86,102)(H,97,98)(H,99,100)(H,103,104)(H,105,106)/t56-,57+,58-,61+,62+,63+,64+,65+,79+/m1/s1. The average molecular weight is 1550 g/mol. The summed E-state index contributed by atoms with van der Waals surface area (Å²) >= 11 is 2.88. The fourth-order valence-electron chi connectivity index (χ4n) is 13.2. The predicted molar refractivity (Wildman–Crippen MR) is 415 cm³/mol. The van der Waals surface area contributed by atoms with Crippen LogP contribution in [0, 0.1) is 23.2 Å². The Morgan fingerprint density at radius 1 is 0.602 bits per heavy atom. The third-order valence-corrected chi connectivity index (χ3v) is 22.6. The van der Waals surface area contributed by atoms with E-state index in [2.05, 4.69) is 21.3 Å². The summed E-state index contributed by atoms with van der Waals surface area (Å²) in [5, 5.41) is 59.3. The SMILES string of the molecule is CN(CC(=O)[C@@](C)(CCC(=O)[C@H](CCCN)CCC(=O)[C@@H]1CSCSC[C@H](NC(=O)[C@@H](N)CCCCNC(=O)CC[C@H](NC(=O)CC[C@H](CC(=O)CCCCCCCCCCCCCCCCC(=O)O)C(=O)O)C(=O)O)C(=O)CN1)Cc1ccccc1)[C@@H](CC(=O)O)C(=O)CC[C@@H](Cc1ccc(O)cc1)C(N)=O. The van der Waals surface area contributed by atoms with Gasteiger partial charge >= 0.3 is 23.9 Å². The zero-order chi connectivity index (χ0) is 79.8. The molecule has 1 fully saturated rings. The minimum Gasteiger partial charge on any atom is -0.508 e. The molecule has 2 aromatic carbocycles. The highest BCUT2D eigenvalue weighted by Gasteiger charge is 2.38. The lowest BCUT2D eigenvalue weighted by atomic mass is 9.74. The van der Waals surface area contributed by atoms with Crippen LogP contribution in [0.2, 0.25) is 0 Å². The number of phenols is 1. The molecule has 27 nitrogen and oxygen atoms in total. The summed E-state index contributed by atoms with van der Waals surface area (Å²) in [4.78, 5) is 183. The van der Waals surface area contributed by atoms with E-state index in [1.165, 1.54) is 73.3 Å². The Hall–Kier alpha value is -7.44. The van der Waals surface area contributed by atoms with Gasteiger partial charge in [0.25, 0.3) is 0 Å². The third kappa shape index (κ3) is 40.8. The number of unbranched alkanes of at least 4 members (excludes halogenated alkanes) is 14. The normalized spacial score (nSPS) is 16.3. The molecule has 108 heavy (non-hydrogen) atoms. The molecule has 2 aromatic rings. The van der Waals surface area contributed by atoms with Gasteiger partial charge in [-0.25, -0.2) is 4.79 Å². The molecule has 1 heterocycles. The molecule has 0 aromatic heterocycles. The van der Waals surface area contributed by atoms with E-state index in [1.807, 2.05) is 30.3 Å². The molecule has 4 amide bonds. The number of phenolic OH excluding ortho intramolecular Hbond substituents is 1. The number of Topliss-reactive ketones (excluding diaryl/α,β-unsaturated/α-hetero) is 6. The molecule has 29 heteroatoms. The van der Waals surface area contributed by atoms with Crippen LogP contribution in [0.1, 0.15) is 230 Å². The predicted octanol–water partition coefficient (Wildman–Crippen LogP) is 8.21. The lowest BCUT2D eigenvalue weighted by Crippen LogP contribution is -2.53. The number of nitrogens with one attached hydrogen (secondary N) is 4. The Bertz CT molecular complexity index is 3160. The van der Waals surface area contributed by atoms with Crippen LogP contribution in [0.3, 0.4) is 0 Å². The van der Waals surface area contributed by atoms with Crippen LogP contribution in [0.15, 0.2) is 54.6 Å². The van der Waals surface area contributed by atoms with Gasteiger partial charge in [0.1, 0.15) is 23.4 Å². The van der Waals surface area contributed by atoms with Crippen molar-refractivity contribution in [3.8, 4) is 5.75 Å². The van der Waals surface area contributed by atoms with Crippen LogP contribution in [-0.4, -0.2) is 193 Å². The number of rotatable bonds is 61. The largest absolute Gasteiger partial charge is 0.508 e. The molecule has 1 aliphatic heterocycles. The summed E-state index contributed by atoms with van der Waals surface area (Å²) in [6.45, 7) is 1.62. The lowest BCUT2D eigenvalue weighted by Gasteiger charge is -2.33. The number of aliphatic carboxylic acids is 4. The van der Waals surface area contributed by atoms with Gasteiger partial charge in [0.05, 0.1) is 49.6 Å². The van der Waals surface area contributed by atoms with Crippen LogP contribution < -0.4 is 38.5 Å². The quantitative estimate of drug-likeness (QED) is 0.0277. The van der Waals surface area contributed by atoms with Crippen LogP contribution in [0.25, 0.3) is 0 Å². The van der Waals surface area contributed by atoms with Gasteiger partial charge in [-0.3, -0.25) is 72.5 Å². The number of ketones is 6. The van der Waals surface area contributed by atoms with Crippen LogP contribution in [0.5, 0.6) is 5.75 Å². The minimum atomic E-state index is -1.43. The molecule has 604 valence electrons. The van der Waals surface area contributed by atoms with Crippen molar-refractivity contribution in [3.05, 3.63) is 65.7 Å². The zero-order valence-corrected chi connectivity index (χ0v) is 65.1. The first-order chi connectivity index (χ1) is 51.5. The summed E-state index contributed by atoms with van der Waals surface area (Å²) in [6, 6.07) is 10.0. The number of likely N-dealkylation sites (N-methyl/N-ethyl adjacent to an activating group) is 1. The van der Waals surface area contributed by atoms with E-state index in [1.54, 1.807) is 19.1 Å². The molecule has 0 bridgehead atoms. The van der Waals surface area contributed by atoms with Crippen molar-refractivity contribution in [2.45, 2.75) is 262 Å². The summed E-state index contributed by atoms with van der Waals surface area (Å²) in [5.74, 6) is -10.7. The van der Waals surface area contributed by atoms with E-state index < -0.39 is 113 Å². The van der Waals surface area contributed by atoms with Crippen molar-refractivity contribution in [2.24, 2.45) is 40.4 Å². The van der Waals surface area contributed by atoms with E-state index in [0.29, 0.717) is 48.5 Å². The van der Waals surface area contributed by atoms with Crippen LogP contribution in [-0.2, 0) is 80.0 Å². The number of primary amides is 1. The first-order valence-corrected chi connectivity index (χ1v) is 40.9. The molecular weight excluding hydrogens is 1430 g/mol. The molecular formula is C79H122N8O19S2. The molecule has 1 aliphatic rings. The van der Waals surface area contributed by atoms with Gasteiger partial charge in [-0.2, -0.15) is 0 Å². The summed E-state index contributed by atoms with van der Waals surface area (Å²) < 4.78 is 0. The first kappa shape index (κ1) is 94.8. The highest BCUT2D eigenvalue weighted by Crippen LogP contribution is 2.33. The number of carbonyl (C=O) groups excluding carboxylic acids is 10. The van der Waals surface area contributed by atoms with Gasteiger partial charge in [-0.05, 0) is 127 Å². The van der Waals surface area contributed by atoms with Crippen molar-refractivity contribution < 1.29 is 92.7 Å². The van der Waals surface area contributed by atoms with Crippen molar-refractivity contribution in [1.29, 1.82) is 0 Å². The average Bonchev–Trinajstić information content (AvgIpc) is 0.805. The van der Waals surface area contributed by atoms with Crippen LogP contribution >= 0.6 is 23.5 Å². The Labute approximate surface area is 644 Å². The van der Waals surface area contributed by atoms with E-state index in [4.69, 9.17) is 22.3 Å². The smallest absolute Gasteiger partial charge is 0.326 e. The molecule has 0 saturated carbocycles. The van der Waals surface area contributed by atoms with Gasteiger partial charge in [0, 0.05) is 91.8 Å². The molecule has 0 aliphatic carbocycles. The molecule has 3 rings (SSSR count). The second-order valence-corrected chi connectivity index (χ2v) is 31.6. The van der Waals surface area contributed by atoms with E-state index in [0.717, 1.165) is 63.4 Å². The summed E-state index contributed by atoms with van der Waals surface area (Å²) in [7, 11) is 1.49. The number of carbonyl (C=O) groups is 14. The first-order valence-electron chi connectivity index (χ1n) is 38.6. The van der Waals surface area contributed by atoms with Gasteiger partial charge in [-0.1, -0.05) is 126 Å². The maximum absolute atomic E-state index is 14.6. The maximum atomic E-state index is 14.6. The molecule has 0 unspecified atom stereocenters. The third-order valence-electron chi connectivity index (χ3n) is 20.1. The van der Waals surface area contributed by atoms with Gasteiger partial charge in [-0.15, -0.1) is 23.5 Å². The minimum absolute atomic E-state index is 0.00890. The van der Waals surface area contributed by atoms with Crippen molar-refractivity contribution >= 4 is 106 Å². The Balaban J connectivity index is 1.43. The number of thioether (sulfide) groups is 2. The molecule has 0 radical (unpaired) electrons.